The first-order valence-corrected chi connectivity index (χ1v) is 9.56. The van der Waals surface area contributed by atoms with Crippen LogP contribution in [-0.4, -0.2) is 46.7 Å². The Balaban J connectivity index is 1.69. The molecule has 25 heavy (non-hydrogen) atoms. The fourth-order valence-corrected chi connectivity index (χ4v) is 4.37. The third-order valence-electron chi connectivity index (χ3n) is 4.46. The van der Waals surface area contributed by atoms with Crippen molar-refractivity contribution < 1.29 is 14.6 Å². The largest absolute Gasteiger partial charge is 0.388 e. The van der Waals surface area contributed by atoms with Gasteiger partial charge in [0.1, 0.15) is 0 Å². The normalized spacial score (nSPS) is 19.0. The smallest absolute Gasteiger partial charge is 0.228 e. The van der Waals surface area contributed by atoms with Gasteiger partial charge in [-0.3, -0.25) is 4.79 Å². The molecule has 1 aliphatic heterocycles. The predicted octanol–water partition coefficient (Wildman–Crippen LogP) is 3.01. The standard InChI is InChI=1S/C18H22N2O3S2/c1-12-16(25-18(24)19-12)10-17(22)20-7-8-23-11-14(20)9-15(21)13-5-3-2-4-6-13/h2-6,14-15,21H,7-11H2,1H3,(H,19,24). The van der Waals surface area contributed by atoms with Crippen LogP contribution in [0, 0.1) is 10.9 Å². The molecule has 2 unspecified atom stereocenters. The monoisotopic (exact) mass is 378 g/mol. The number of aromatic amines is 1. The van der Waals surface area contributed by atoms with Crippen molar-refractivity contribution in [3.05, 3.63) is 50.4 Å². The molecular formula is C18H22N2O3S2. The second-order valence-electron chi connectivity index (χ2n) is 6.22. The van der Waals surface area contributed by atoms with Gasteiger partial charge < -0.3 is 19.7 Å². The Morgan fingerprint density at radius 2 is 2.24 bits per heavy atom. The molecule has 1 aromatic carbocycles. The highest BCUT2D eigenvalue weighted by Gasteiger charge is 2.30. The Bertz CT molecular complexity index is 772. The maximum absolute atomic E-state index is 12.8. The minimum atomic E-state index is -0.612. The van der Waals surface area contributed by atoms with Crippen LogP contribution in [0.2, 0.25) is 0 Å². The van der Waals surface area contributed by atoms with Gasteiger partial charge in [0, 0.05) is 23.5 Å². The van der Waals surface area contributed by atoms with E-state index < -0.39 is 6.10 Å². The topological polar surface area (TPSA) is 65.6 Å². The van der Waals surface area contributed by atoms with Crippen LogP contribution < -0.4 is 0 Å². The third kappa shape index (κ3) is 4.55. The van der Waals surface area contributed by atoms with Crippen molar-refractivity contribution in [3.8, 4) is 0 Å². The van der Waals surface area contributed by atoms with Gasteiger partial charge in [-0.15, -0.1) is 11.3 Å². The van der Waals surface area contributed by atoms with Gasteiger partial charge in [0.15, 0.2) is 3.95 Å². The Labute approximate surface area is 156 Å². The zero-order valence-electron chi connectivity index (χ0n) is 14.1. The molecule has 0 saturated carbocycles. The summed E-state index contributed by atoms with van der Waals surface area (Å²) in [4.78, 5) is 18.7. The van der Waals surface area contributed by atoms with Gasteiger partial charge in [0.2, 0.25) is 5.91 Å². The van der Waals surface area contributed by atoms with Gasteiger partial charge in [-0.25, -0.2) is 0 Å². The van der Waals surface area contributed by atoms with E-state index in [4.69, 9.17) is 17.0 Å². The molecule has 2 aromatic rings. The SMILES string of the molecule is Cc1[nH]c(=S)sc1CC(=O)N1CCOCC1CC(O)c1ccccc1. The molecule has 2 N–H and O–H groups in total. The second kappa shape index (κ2) is 8.23. The lowest BCUT2D eigenvalue weighted by Crippen LogP contribution is -2.49. The molecule has 0 radical (unpaired) electrons. The average Bonchev–Trinajstić information content (AvgIpc) is 2.93. The van der Waals surface area contributed by atoms with Crippen molar-refractivity contribution in [2.24, 2.45) is 0 Å². The fourth-order valence-electron chi connectivity index (χ4n) is 3.09. The number of benzene rings is 1. The molecule has 134 valence electrons. The second-order valence-corrected chi connectivity index (χ2v) is 7.99. The van der Waals surface area contributed by atoms with Crippen LogP contribution in [0.1, 0.15) is 28.7 Å². The maximum Gasteiger partial charge on any atom is 0.228 e. The number of carbonyl (C=O) groups is 1. The number of carbonyl (C=O) groups excluding carboxylic acids is 1. The molecule has 1 saturated heterocycles. The number of nitrogens with one attached hydrogen (secondary N) is 1. The molecule has 1 fully saturated rings. The first-order valence-electron chi connectivity index (χ1n) is 8.33. The number of rotatable bonds is 5. The number of ether oxygens (including phenoxy) is 1. The molecular weight excluding hydrogens is 356 g/mol. The molecule has 1 aromatic heterocycles. The summed E-state index contributed by atoms with van der Waals surface area (Å²) >= 11 is 6.60. The van der Waals surface area contributed by atoms with E-state index in [1.807, 2.05) is 42.2 Å². The minimum Gasteiger partial charge on any atom is -0.388 e. The van der Waals surface area contributed by atoms with E-state index in [0.717, 1.165) is 16.1 Å². The summed E-state index contributed by atoms with van der Waals surface area (Å²) in [6, 6.07) is 9.41. The van der Waals surface area contributed by atoms with E-state index >= 15 is 0 Å². The Hall–Kier alpha value is -1.54. The van der Waals surface area contributed by atoms with E-state index in [1.165, 1.54) is 11.3 Å². The van der Waals surface area contributed by atoms with Crippen LogP contribution in [-0.2, 0) is 16.0 Å². The van der Waals surface area contributed by atoms with Gasteiger partial charge in [-0.1, -0.05) is 30.3 Å². The van der Waals surface area contributed by atoms with Crippen LogP contribution in [0.25, 0.3) is 0 Å². The number of aliphatic hydroxyl groups is 1. The summed E-state index contributed by atoms with van der Waals surface area (Å²) in [5.74, 6) is 0.0573. The molecule has 2 heterocycles. The van der Waals surface area contributed by atoms with Gasteiger partial charge in [-0.2, -0.15) is 0 Å². The lowest BCUT2D eigenvalue weighted by Gasteiger charge is -2.36. The number of aliphatic hydroxyl groups excluding tert-OH is 1. The van der Waals surface area contributed by atoms with Crippen LogP contribution in [0.15, 0.2) is 30.3 Å². The predicted molar refractivity (Wildman–Crippen MR) is 100 cm³/mol. The van der Waals surface area contributed by atoms with Crippen molar-refractivity contribution in [1.82, 2.24) is 9.88 Å². The summed E-state index contributed by atoms with van der Waals surface area (Å²) in [5, 5.41) is 10.5. The Morgan fingerprint density at radius 3 is 2.92 bits per heavy atom. The summed E-state index contributed by atoms with van der Waals surface area (Å²) in [7, 11) is 0. The van der Waals surface area contributed by atoms with E-state index in [-0.39, 0.29) is 11.9 Å². The molecule has 0 aliphatic carbocycles. The van der Waals surface area contributed by atoms with Gasteiger partial charge in [-0.05, 0) is 24.7 Å². The number of hydrogen-bond donors (Lipinski definition) is 2. The van der Waals surface area contributed by atoms with E-state index in [1.54, 1.807) is 0 Å². The van der Waals surface area contributed by atoms with Gasteiger partial charge in [0.05, 0.1) is 31.8 Å². The quantitative estimate of drug-likeness (QED) is 0.785. The molecule has 0 bridgehead atoms. The molecule has 5 nitrogen and oxygen atoms in total. The number of hydrogen-bond acceptors (Lipinski definition) is 5. The number of thiazole rings is 1. The third-order valence-corrected chi connectivity index (χ3v) is 5.80. The highest BCUT2D eigenvalue weighted by Crippen LogP contribution is 2.24. The first kappa shape index (κ1) is 18.3. The number of amides is 1. The molecule has 0 spiro atoms. The number of aromatic nitrogens is 1. The van der Waals surface area contributed by atoms with Crippen molar-refractivity contribution >= 4 is 29.5 Å². The van der Waals surface area contributed by atoms with Gasteiger partial charge >= 0.3 is 0 Å². The van der Waals surface area contributed by atoms with Crippen molar-refractivity contribution in [2.45, 2.75) is 31.9 Å². The minimum absolute atomic E-state index is 0.0573. The zero-order valence-corrected chi connectivity index (χ0v) is 15.7. The Kier molecular flexibility index (Phi) is 6.01. The number of nitrogens with zero attached hydrogens (tertiary/aromatic N) is 1. The summed E-state index contributed by atoms with van der Waals surface area (Å²) in [5.41, 5.74) is 1.82. The Morgan fingerprint density at radius 1 is 1.48 bits per heavy atom. The van der Waals surface area contributed by atoms with Crippen molar-refractivity contribution in [2.75, 3.05) is 19.8 Å². The highest BCUT2D eigenvalue weighted by molar-refractivity contribution is 7.73. The zero-order chi connectivity index (χ0) is 17.8. The summed E-state index contributed by atoms with van der Waals surface area (Å²) in [6.07, 6.45) is 0.193. The van der Waals surface area contributed by atoms with Crippen molar-refractivity contribution in [3.63, 3.8) is 0 Å². The summed E-state index contributed by atoms with van der Waals surface area (Å²) < 4.78 is 6.24. The number of H-pyrrole nitrogens is 1. The molecule has 2 atom stereocenters. The highest BCUT2D eigenvalue weighted by atomic mass is 32.1. The number of morpholine rings is 1. The molecule has 3 rings (SSSR count). The lowest BCUT2D eigenvalue weighted by atomic mass is 10.0. The van der Waals surface area contributed by atoms with Crippen molar-refractivity contribution in [1.29, 1.82) is 0 Å². The lowest BCUT2D eigenvalue weighted by molar-refractivity contribution is -0.140. The first-order chi connectivity index (χ1) is 12.0. The average molecular weight is 379 g/mol. The molecule has 7 heteroatoms. The van der Waals surface area contributed by atoms with Crippen LogP contribution in [0.3, 0.4) is 0 Å². The molecule has 1 amide bonds. The molecule has 1 aliphatic rings. The van der Waals surface area contributed by atoms with Crippen LogP contribution in [0.5, 0.6) is 0 Å². The summed E-state index contributed by atoms with van der Waals surface area (Å²) in [6.45, 7) is 3.48. The van der Waals surface area contributed by atoms with Gasteiger partial charge in [0.25, 0.3) is 0 Å². The number of aryl methyl sites for hydroxylation is 1. The maximum atomic E-state index is 12.8. The van der Waals surface area contributed by atoms with E-state index in [2.05, 4.69) is 4.98 Å². The van der Waals surface area contributed by atoms with E-state index in [0.29, 0.717) is 36.6 Å². The fraction of sp³-hybridized carbons (Fsp3) is 0.444. The van der Waals surface area contributed by atoms with E-state index in [9.17, 15) is 9.90 Å². The van der Waals surface area contributed by atoms with Crippen LogP contribution in [0.4, 0.5) is 0 Å². The van der Waals surface area contributed by atoms with Crippen LogP contribution >= 0.6 is 23.6 Å².